The van der Waals surface area contributed by atoms with E-state index in [1.165, 1.54) is 18.3 Å². The van der Waals surface area contributed by atoms with Crippen molar-refractivity contribution in [3.05, 3.63) is 58.3 Å². The number of anilines is 2. The summed E-state index contributed by atoms with van der Waals surface area (Å²) in [6.45, 7) is 2.46. The van der Waals surface area contributed by atoms with Gasteiger partial charge < -0.3 is 15.7 Å². The van der Waals surface area contributed by atoms with Crippen LogP contribution < -0.4 is 10.6 Å². The number of aromatic nitrogens is 1. The Morgan fingerprint density at radius 3 is 2.59 bits per heavy atom. The van der Waals surface area contributed by atoms with Crippen LogP contribution >= 0.6 is 0 Å². The molecule has 3 rings (SSSR count). The van der Waals surface area contributed by atoms with E-state index >= 15 is 0 Å². The third-order valence-electron chi connectivity index (χ3n) is 4.52. The summed E-state index contributed by atoms with van der Waals surface area (Å²) in [6, 6.07) is 10.6. The monoisotopic (exact) mass is 371 g/mol. The number of nitrogens with one attached hydrogen (secondary N) is 2. The summed E-state index contributed by atoms with van der Waals surface area (Å²) in [4.78, 5) is 27.6. The Morgan fingerprint density at radius 2 is 1.96 bits per heavy atom. The molecule has 1 amide bonds. The first kappa shape index (κ1) is 18.6. The maximum atomic E-state index is 11.1. The van der Waals surface area contributed by atoms with Crippen LogP contribution in [0, 0.1) is 10.1 Å². The van der Waals surface area contributed by atoms with E-state index in [0.29, 0.717) is 0 Å². The Kier molecular flexibility index (Phi) is 5.82. The summed E-state index contributed by atoms with van der Waals surface area (Å²) >= 11 is 0. The lowest BCUT2D eigenvalue weighted by Gasteiger charge is -2.31. The molecule has 1 aliphatic heterocycles. The Labute approximate surface area is 156 Å². The van der Waals surface area contributed by atoms with E-state index in [2.05, 4.69) is 20.5 Å². The van der Waals surface area contributed by atoms with Crippen LogP contribution in [0.4, 0.5) is 22.0 Å². The molecule has 0 bridgehead atoms. The Bertz CT molecular complexity index is 804. The van der Waals surface area contributed by atoms with E-state index in [-0.39, 0.29) is 17.5 Å². The number of likely N-dealkylation sites (tertiary alicyclic amines) is 1. The van der Waals surface area contributed by atoms with Crippen LogP contribution in [-0.2, 0) is 6.54 Å². The summed E-state index contributed by atoms with van der Waals surface area (Å²) in [5.74, 6) is 0.211. The van der Waals surface area contributed by atoms with Gasteiger partial charge in [-0.25, -0.2) is 9.78 Å². The third kappa shape index (κ3) is 5.14. The number of rotatable bonds is 6. The van der Waals surface area contributed by atoms with Crippen molar-refractivity contribution >= 4 is 23.3 Å². The van der Waals surface area contributed by atoms with Gasteiger partial charge in [-0.05, 0) is 36.6 Å². The predicted molar refractivity (Wildman–Crippen MR) is 100 cm³/mol. The number of piperidine rings is 1. The van der Waals surface area contributed by atoms with E-state index in [1.54, 1.807) is 0 Å². The first-order chi connectivity index (χ1) is 13.0. The van der Waals surface area contributed by atoms with Crippen molar-refractivity contribution in [1.29, 1.82) is 0 Å². The van der Waals surface area contributed by atoms with Gasteiger partial charge in [0, 0.05) is 43.6 Å². The molecular weight excluding hydrogens is 350 g/mol. The highest BCUT2D eigenvalue weighted by atomic mass is 16.6. The van der Waals surface area contributed by atoms with Crippen molar-refractivity contribution in [1.82, 2.24) is 15.2 Å². The minimum absolute atomic E-state index is 0.0273. The van der Waals surface area contributed by atoms with Gasteiger partial charge in [0.15, 0.2) is 0 Å². The minimum Gasteiger partial charge on any atom is -0.465 e. The molecule has 0 unspecified atom stereocenters. The fourth-order valence-corrected chi connectivity index (χ4v) is 3.14. The second-order valence-corrected chi connectivity index (χ2v) is 6.45. The summed E-state index contributed by atoms with van der Waals surface area (Å²) in [7, 11) is 0. The molecule has 1 saturated heterocycles. The van der Waals surface area contributed by atoms with E-state index in [9.17, 15) is 14.9 Å². The Hall–Kier alpha value is -3.20. The van der Waals surface area contributed by atoms with Gasteiger partial charge in [-0.1, -0.05) is 12.1 Å². The van der Waals surface area contributed by atoms with Crippen LogP contribution in [0.25, 0.3) is 0 Å². The summed E-state index contributed by atoms with van der Waals surface area (Å²) in [6.07, 6.45) is 2.14. The number of pyridine rings is 1. The second-order valence-electron chi connectivity index (χ2n) is 6.45. The fourth-order valence-electron chi connectivity index (χ4n) is 3.14. The van der Waals surface area contributed by atoms with E-state index in [1.807, 2.05) is 24.3 Å². The average molecular weight is 371 g/mol. The summed E-state index contributed by atoms with van der Waals surface area (Å²) in [5.41, 5.74) is 1.78. The van der Waals surface area contributed by atoms with Gasteiger partial charge in [0.2, 0.25) is 5.82 Å². The predicted octanol–water partition coefficient (Wildman–Crippen LogP) is 2.97. The van der Waals surface area contributed by atoms with Crippen molar-refractivity contribution < 1.29 is 14.8 Å². The average Bonchev–Trinajstić information content (AvgIpc) is 2.65. The highest BCUT2D eigenvalue weighted by Crippen LogP contribution is 2.25. The molecular formula is C18H21N5O4. The lowest BCUT2D eigenvalue weighted by atomic mass is 10.0. The van der Waals surface area contributed by atoms with Crippen LogP contribution in [0.5, 0.6) is 0 Å². The van der Waals surface area contributed by atoms with Gasteiger partial charge in [0.05, 0.1) is 4.92 Å². The number of amides is 1. The third-order valence-corrected chi connectivity index (χ3v) is 4.52. The number of hydrogen-bond acceptors (Lipinski definition) is 6. The number of carboxylic acid groups (broad SMARTS) is 1. The summed E-state index contributed by atoms with van der Waals surface area (Å²) < 4.78 is 0. The van der Waals surface area contributed by atoms with E-state index in [4.69, 9.17) is 5.11 Å². The smallest absolute Gasteiger partial charge is 0.404 e. The normalized spacial score (nSPS) is 15.3. The first-order valence-corrected chi connectivity index (χ1v) is 8.68. The van der Waals surface area contributed by atoms with Crippen molar-refractivity contribution in [3.63, 3.8) is 0 Å². The van der Waals surface area contributed by atoms with Gasteiger partial charge in [0.1, 0.15) is 0 Å². The number of nitro groups is 1. The van der Waals surface area contributed by atoms with Crippen molar-refractivity contribution in [2.75, 3.05) is 18.4 Å². The molecule has 9 heteroatoms. The van der Waals surface area contributed by atoms with Crippen molar-refractivity contribution in [2.24, 2.45) is 0 Å². The zero-order valence-corrected chi connectivity index (χ0v) is 14.7. The number of benzene rings is 1. The molecule has 3 N–H and O–H groups in total. The molecule has 0 spiro atoms. The van der Waals surface area contributed by atoms with Crippen LogP contribution in [0.2, 0.25) is 0 Å². The maximum Gasteiger partial charge on any atom is 0.404 e. The molecule has 1 aliphatic rings. The van der Waals surface area contributed by atoms with Gasteiger partial charge in [0.25, 0.3) is 0 Å². The second kappa shape index (κ2) is 8.45. The van der Waals surface area contributed by atoms with Crippen LogP contribution in [0.1, 0.15) is 18.4 Å². The highest BCUT2D eigenvalue weighted by molar-refractivity contribution is 5.65. The number of hydrogen-bond donors (Lipinski definition) is 3. The van der Waals surface area contributed by atoms with Crippen LogP contribution in [-0.4, -0.2) is 45.1 Å². The molecule has 0 aliphatic carbocycles. The lowest BCUT2D eigenvalue weighted by molar-refractivity contribution is -0.384. The molecule has 0 atom stereocenters. The molecule has 1 aromatic carbocycles. The summed E-state index contributed by atoms with van der Waals surface area (Å²) in [5, 5.41) is 25.3. The maximum absolute atomic E-state index is 11.1. The van der Waals surface area contributed by atoms with Crippen LogP contribution in [0.3, 0.4) is 0 Å². The molecule has 1 aromatic heterocycles. The Balaban J connectivity index is 1.55. The topological polar surface area (TPSA) is 121 Å². The van der Waals surface area contributed by atoms with Gasteiger partial charge in [-0.15, -0.1) is 0 Å². The van der Waals surface area contributed by atoms with Gasteiger partial charge in [-0.2, -0.15) is 0 Å². The first-order valence-electron chi connectivity index (χ1n) is 8.68. The van der Waals surface area contributed by atoms with Gasteiger partial charge >= 0.3 is 11.8 Å². The minimum atomic E-state index is -0.968. The molecule has 1 fully saturated rings. The molecule has 2 heterocycles. The molecule has 2 aromatic rings. The van der Waals surface area contributed by atoms with Crippen LogP contribution in [0.15, 0.2) is 42.6 Å². The SMILES string of the molecule is O=C(O)NC1CCN(Cc2ccc(Nc3ncccc3[N+](=O)[O-])cc2)CC1. The van der Waals surface area contributed by atoms with Crippen molar-refractivity contribution in [2.45, 2.75) is 25.4 Å². The molecule has 9 nitrogen and oxygen atoms in total. The standard InChI is InChI=1S/C18H21N5O4/c24-18(25)21-15-7-10-22(11-8-15)12-13-3-5-14(6-4-13)20-17-16(23(26)27)2-1-9-19-17/h1-6,9,15,21H,7-8,10-12H2,(H,19,20)(H,24,25). The number of carbonyl (C=O) groups is 1. The zero-order valence-electron chi connectivity index (χ0n) is 14.7. The zero-order chi connectivity index (χ0) is 19.2. The van der Waals surface area contributed by atoms with Crippen molar-refractivity contribution in [3.8, 4) is 0 Å². The number of nitrogens with zero attached hydrogens (tertiary/aromatic N) is 3. The largest absolute Gasteiger partial charge is 0.465 e. The molecule has 27 heavy (non-hydrogen) atoms. The van der Waals surface area contributed by atoms with E-state index < -0.39 is 11.0 Å². The molecule has 0 radical (unpaired) electrons. The molecule has 142 valence electrons. The molecule has 0 saturated carbocycles. The van der Waals surface area contributed by atoms with Gasteiger partial charge in [-0.3, -0.25) is 15.0 Å². The highest BCUT2D eigenvalue weighted by Gasteiger charge is 2.20. The van der Waals surface area contributed by atoms with E-state index in [0.717, 1.165) is 43.7 Å². The fraction of sp³-hybridized carbons (Fsp3) is 0.333. The lowest BCUT2D eigenvalue weighted by Crippen LogP contribution is -2.43. The Morgan fingerprint density at radius 1 is 1.26 bits per heavy atom. The quantitative estimate of drug-likeness (QED) is 0.527.